The van der Waals surface area contributed by atoms with Crippen molar-refractivity contribution in [2.24, 2.45) is 0 Å². The summed E-state index contributed by atoms with van der Waals surface area (Å²) in [6.45, 7) is 3.83. The molecule has 102 valence electrons. The molecular weight excluding hydrogens is 322 g/mol. The van der Waals surface area contributed by atoms with Crippen LogP contribution in [0.15, 0.2) is 28.7 Å². The van der Waals surface area contributed by atoms with Crippen molar-refractivity contribution in [3.8, 4) is 0 Å². The van der Waals surface area contributed by atoms with Crippen LogP contribution in [0.4, 0.5) is 5.13 Å². The molecule has 2 aromatic rings. The van der Waals surface area contributed by atoms with Gasteiger partial charge in [0, 0.05) is 29.5 Å². The van der Waals surface area contributed by atoms with E-state index in [1.165, 1.54) is 10.4 Å². The van der Waals surface area contributed by atoms with Gasteiger partial charge in [-0.25, -0.2) is 4.98 Å². The fourth-order valence-electron chi connectivity index (χ4n) is 1.83. The minimum Gasteiger partial charge on any atom is -0.347 e. The lowest BCUT2D eigenvalue weighted by molar-refractivity contribution is 0.822. The molecule has 0 spiro atoms. The first-order valence-corrected chi connectivity index (χ1v) is 7.77. The third-order valence-electron chi connectivity index (χ3n) is 2.88. The number of thiazole rings is 1. The number of nitrogens with one attached hydrogen (secondary N) is 1. The molecule has 2 rings (SSSR count). The SMILES string of the molecule is CNCc1sc(N(C)Cc2ccc(Br)cc2)nc1C. The molecule has 1 heterocycles. The number of aromatic nitrogens is 1. The molecule has 0 aliphatic heterocycles. The van der Waals surface area contributed by atoms with E-state index >= 15 is 0 Å². The van der Waals surface area contributed by atoms with E-state index < -0.39 is 0 Å². The Bertz CT molecular complexity index is 536. The summed E-state index contributed by atoms with van der Waals surface area (Å²) < 4.78 is 1.11. The summed E-state index contributed by atoms with van der Waals surface area (Å²) in [5.74, 6) is 0. The number of rotatable bonds is 5. The predicted molar refractivity (Wildman–Crippen MR) is 85.9 cm³/mol. The van der Waals surface area contributed by atoms with Gasteiger partial charge in [0.05, 0.1) is 5.69 Å². The van der Waals surface area contributed by atoms with E-state index in [4.69, 9.17) is 0 Å². The molecule has 0 saturated heterocycles. The minimum absolute atomic E-state index is 0.874. The molecule has 3 nitrogen and oxygen atoms in total. The lowest BCUT2D eigenvalue weighted by Crippen LogP contribution is -2.15. The Kier molecular flexibility index (Phi) is 4.96. The normalized spacial score (nSPS) is 10.7. The first-order chi connectivity index (χ1) is 9.10. The van der Waals surface area contributed by atoms with Gasteiger partial charge in [0.15, 0.2) is 5.13 Å². The van der Waals surface area contributed by atoms with Gasteiger partial charge in [-0.1, -0.05) is 28.1 Å². The molecule has 0 aliphatic rings. The van der Waals surface area contributed by atoms with E-state index in [0.717, 1.165) is 28.4 Å². The lowest BCUT2D eigenvalue weighted by atomic mass is 10.2. The molecule has 0 unspecified atom stereocenters. The Labute approximate surface area is 126 Å². The summed E-state index contributed by atoms with van der Waals surface area (Å²) in [6.07, 6.45) is 0. The van der Waals surface area contributed by atoms with Crippen molar-refractivity contribution in [3.63, 3.8) is 0 Å². The molecule has 1 N–H and O–H groups in total. The van der Waals surface area contributed by atoms with Gasteiger partial charge in [-0.05, 0) is 31.7 Å². The molecule has 0 bridgehead atoms. The molecule has 0 saturated carbocycles. The Hall–Kier alpha value is -0.910. The average Bonchev–Trinajstić information content (AvgIpc) is 2.75. The molecule has 19 heavy (non-hydrogen) atoms. The van der Waals surface area contributed by atoms with E-state index in [2.05, 4.69) is 69.4 Å². The van der Waals surface area contributed by atoms with Crippen molar-refractivity contribution in [2.75, 3.05) is 19.0 Å². The molecule has 0 radical (unpaired) electrons. The molecule has 0 fully saturated rings. The van der Waals surface area contributed by atoms with Gasteiger partial charge in [0.2, 0.25) is 0 Å². The Morgan fingerprint density at radius 3 is 2.63 bits per heavy atom. The fraction of sp³-hybridized carbons (Fsp3) is 0.357. The van der Waals surface area contributed by atoms with Gasteiger partial charge in [-0.2, -0.15) is 0 Å². The summed E-state index contributed by atoms with van der Waals surface area (Å²) in [6, 6.07) is 8.41. The second kappa shape index (κ2) is 6.50. The third-order valence-corrected chi connectivity index (χ3v) is 4.68. The van der Waals surface area contributed by atoms with Crippen LogP contribution in [0.2, 0.25) is 0 Å². The van der Waals surface area contributed by atoms with Gasteiger partial charge in [0.1, 0.15) is 0 Å². The Morgan fingerprint density at radius 1 is 1.32 bits per heavy atom. The quantitative estimate of drug-likeness (QED) is 0.902. The van der Waals surface area contributed by atoms with Crippen molar-refractivity contribution < 1.29 is 0 Å². The molecule has 1 aromatic carbocycles. The summed E-state index contributed by atoms with van der Waals surface area (Å²) >= 11 is 5.21. The average molecular weight is 340 g/mol. The van der Waals surface area contributed by atoms with Crippen molar-refractivity contribution in [3.05, 3.63) is 44.9 Å². The second-order valence-corrected chi connectivity index (χ2v) is 6.50. The van der Waals surface area contributed by atoms with Crippen molar-refractivity contribution in [2.45, 2.75) is 20.0 Å². The zero-order valence-corrected chi connectivity index (χ0v) is 13.8. The lowest BCUT2D eigenvalue weighted by Gasteiger charge is -2.15. The van der Waals surface area contributed by atoms with E-state index in [0.29, 0.717) is 0 Å². The highest BCUT2D eigenvalue weighted by atomic mass is 79.9. The zero-order chi connectivity index (χ0) is 13.8. The Balaban J connectivity index is 2.09. The van der Waals surface area contributed by atoms with Crippen LogP contribution in [0.1, 0.15) is 16.1 Å². The zero-order valence-electron chi connectivity index (χ0n) is 11.4. The summed E-state index contributed by atoms with van der Waals surface area (Å²) in [4.78, 5) is 8.14. The minimum atomic E-state index is 0.874. The number of aryl methyl sites for hydroxylation is 1. The van der Waals surface area contributed by atoms with Gasteiger partial charge >= 0.3 is 0 Å². The van der Waals surface area contributed by atoms with Crippen LogP contribution < -0.4 is 10.2 Å². The van der Waals surface area contributed by atoms with Crippen molar-refractivity contribution in [1.82, 2.24) is 10.3 Å². The van der Waals surface area contributed by atoms with Gasteiger partial charge in [-0.3, -0.25) is 0 Å². The van der Waals surface area contributed by atoms with Gasteiger partial charge in [0.25, 0.3) is 0 Å². The highest BCUT2D eigenvalue weighted by Crippen LogP contribution is 2.26. The maximum atomic E-state index is 4.64. The largest absolute Gasteiger partial charge is 0.347 e. The van der Waals surface area contributed by atoms with E-state index in [9.17, 15) is 0 Å². The molecule has 0 amide bonds. The molecular formula is C14H18BrN3S. The van der Waals surface area contributed by atoms with Gasteiger partial charge < -0.3 is 10.2 Å². The van der Waals surface area contributed by atoms with Crippen LogP contribution in [0.3, 0.4) is 0 Å². The maximum Gasteiger partial charge on any atom is 0.185 e. The fourth-order valence-corrected chi connectivity index (χ4v) is 3.13. The number of nitrogens with zero attached hydrogens (tertiary/aromatic N) is 2. The number of hydrogen-bond donors (Lipinski definition) is 1. The molecule has 0 atom stereocenters. The third kappa shape index (κ3) is 3.78. The van der Waals surface area contributed by atoms with Crippen LogP contribution >= 0.6 is 27.3 Å². The standard InChI is InChI=1S/C14H18BrN3S/c1-10-13(8-16-2)19-14(17-10)18(3)9-11-4-6-12(15)7-5-11/h4-7,16H,8-9H2,1-3H3. The summed E-state index contributed by atoms with van der Waals surface area (Å²) in [5, 5.41) is 4.25. The van der Waals surface area contributed by atoms with E-state index in [1.54, 1.807) is 11.3 Å². The van der Waals surface area contributed by atoms with Crippen LogP contribution in [0, 0.1) is 6.92 Å². The first kappa shape index (κ1) is 14.5. The van der Waals surface area contributed by atoms with Crippen LogP contribution in [-0.4, -0.2) is 19.1 Å². The number of halogens is 1. The van der Waals surface area contributed by atoms with Crippen molar-refractivity contribution >= 4 is 32.4 Å². The smallest absolute Gasteiger partial charge is 0.185 e. The second-order valence-electron chi connectivity index (χ2n) is 4.52. The maximum absolute atomic E-state index is 4.64. The highest BCUT2D eigenvalue weighted by molar-refractivity contribution is 9.10. The monoisotopic (exact) mass is 339 g/mol. The Morgan fingerprint density at radius 2 is 2.00 bits per heavy atom. The van der Waals surface area contributed by atoms with E-state index in [-0.39, 0.29) is 0 Å². The van der Waals surface area contributed by atoms with Crippen molar-refractivity contribution in [1.29, 1.82) is 0 Å². The molecule has 5 heteroatoms. The predicted octanol–water partition coefficient (Wildman–Crippen LogP) is 3.57. The summed E-state index contributed by atoms with van der Waals surface area (Å²) in [5.41, 5.74) is 2.41. The summed E-state index contributed by atoms with van der Waals surface area (Å²) in [7, 11) is 4.05. The first-order valence-electron chi connectivity index (χ1n) is 6.16. The van der Waals surface area contributed by atoms with Crippen LogP contribution in [0.25, 0.3) is 0 Å². The highest BCUT2D eigenvalue weighted by Gasteiger charge is 2.11. The number of benzene rings is 1. The van der Waals surface area contributed by atoms with Gasteiger partial charge in [-0.15, -0.1) is 11.3 Å². The topological polar surface area (TPSA) is 28.2 Å². The number of anilines is 1. The number of hydrogen-bond acceptors (Lipinski definition) is 4. The van der Waals surface area contributed by atoms with Crippen LogP contribution in [0.5, 0.6) is 0 Å². The molecule has 1 aromatic heterocycles. The van der Waals surface area contributed by atoms with E-state index in [1.807, 2.05) is 7.05 Å². The van der Waals surface area contributed by atoms with Crippen LogP contribution in [-0.2, 0) is 13.1 Å². The molecule has 0 aliphatic carbocycles.